The van der Waals surface area contributed by atoms with E-state index in [0.29, 0.717) is 6.42 Å². The number of rotatable bonds is 39. The van der Waals surface area contributed by atoms with Crippen LogP contribution < -0.4 is 0 Å². The van der Waals surface area contributed by atoms with Crippen molar-refractivity contribution in [3.63, 3.8) is 0 Å². The normalized spacial score (nSPS) is 26.4. The van der Waals surface area contributed by atoms with Crippen molar-refractivity contribution < 1.29 is 73.8 Å². The molecule has 2 heterocycles. The minimum absolute atomic E-state index is 0.0633. The van der Waals surface area contributed by atoms with E-state index in [4.69, 9.17) is 28.4 Å². The summed E-state index contributed by atoms with van der Waals surface area (Å²) in [7, 11) is 0. The van der Waals surface area contributed by atoms with Gasteiger partial charge in [0.15, 0.2) is 18.7 Å². The lowest BCUT2D eigenvalue weighted by Gasteiger charge is -2.42. The number of aliphatic hydroxyl groups excluding tert-OH is 7. The summed E-state index contributed by atoms with van der Waals surface area (Å²) in [5.74, 6) is -1.23. The molecule has 0 bridgehead atoms. The number of carbonyl (C=O) groups is 2. The van der Waals surface area contributed by atoms with E-state index in [1.54, 1.807) is 12.2 Å². The molecule has 0 radical (unpaired) electrons. The standard InChI is InChI=1S/C51H90O15/c1-3-5-7-9-11-13-15-17-19-21-23-25-27-29-31-33-42(53)61-36-39(64-43(54)34-32-30-28-26-24-22-20-18-16-14-12-10-8-6-4-2)37-62-50-49(60)47(58)45(56)41(66-50)38-63-51-48(59)46(57)44(55)40(35-52)65-51/h27-31,33,39-41,44-52,55-60H,3-26,32,34-38H2,1-2H3/b29-27+,30-28+,33-31+/t39-,40-,41-,44+,45+,46?,47?,48?,49?,50-,51-/m1/s1. The molecule has 0 aromatic carbocycles. The average Bonchev–Trinajstić information content (AvgIpc) is 3.31. The van der Waals surface area contributed by atoms with Crippen LogP contribution in [-0.2, 0) is 38.0 Å². The van der Waals surface area contributed by atoms with Crippen molar-refractivity contribution in [1.29, 1.82) is 0 Å². The molecule has 15 nitrogen and oxygen atoms in total. The Bertz CT molecular complexity index is 1290. The maximum atomic E-state index is 12.9. The third-order valence-electron chi connectivity index (χ3n) is 12.2. The van der Waals surface area contributed by atoms with Crippen LogP contribution in [0.2, 0.25) is 0 Å². The zero-order valence-electron chi connectivity index (χ0n) is 40.4. The van der Waals surface area contributed by atoms with Crippen LogP contribution in [0.1, 0.15) is 181 Å². The Balaban J connectivity index is 1.86. The zero-order chi connectivity index (χ0) is 48.2. The summed E-state index contributed by atoms with van der Waals surface area (Å²) >= 11 is 0. The minimum atomic E-state index is -1.78. The molecule has 2 aliphatic heterocycles. The van der Waals surface area contributed by atoms with Crippen molar-refractivity contribution in [3.05, 3.63) is 36.5 Å². The molecule has 15 heteroatoms. The summed E-state index contributed by atoms with van der Waals surface area (Å²) in [6.45, 7) is 2.43. The highest BCUT2D eigenvalue weighted by molar-refractivity contribution is 5.82. The summed E-state index contributed by atoms with van der Waals surface area (Å²) in [6, 6.07) is 0. The van der Waals surface area contributed by atoms with Gasteiger partial charge in [-0.05, 0) is 32.1 Å². The third-order valence-corrected chi connectivity index (χ3v) is 12.2. The molecule has 0 aromatic heterocycles. The van der Waals surface area contributed by atoms with Crippen LogP contribution in [0.15, 0.2) is 36.5 Å². The topological polar surface area (TPSA) is 231 Å². The highest BCUT2D eigenvalue weighted by Gasteiger charge is 2.47. The van der Waals surface area contributed by atoms with Crippen LogP contribution in [0.3, 0.4) is 0 Å². The summed E-state index contributed by atoms with van der Waals surface area (Å²) in [5, 5.41) is 72.0. The Morgan fingerprint density at radius 2 is 0.970 bits per heavy atom. The number of hydrogen-bond donors (Lipinski definition) is 7. The second-order valence-corrected chi connectivity index (χ2v) is 18.1. The summed E-state index contributed by atoms with van der Waals surface area (Å²) < 4.78 is 33.3. The van der Waals surface area contributed by atoms with Crippen LogP contribution in [0.4, 0.5) is 0 Å². The molecular formula is C51H90O15. The van der Waals surface area contributed by atoms with Crippen LogP contribution in [0.25, 0.3) is 0 Å². The fraction of sp³-hybridized carbons (Fsp3) is 0.843. The van der Waals surface area contributed by atoms with E-state index < -0.39 is 99.3 Å². The van der Waals surface area contributed by atoms with Crippen molar-refractivity contribution in [3.8, 4) is 0 Å². The van der Waals surface area contributed by atoms with E-state index in [9.17, 15) is 45.3 Å². The fourth-order valence-electron chi connectivity index (χ4n) is 7.97. The van der Waals surface area contributed by atoms with Gasteiger partial charge in [-0.25, -0.2) is 4.79 Å². The van der Waals surface area contributed by atoms with E-state index in [1.807, 2.05) is 12.2 Å². The molecule has 2 rings (SSSR count). The molecule has 66 heavy (non-hydrogen) atoms. The summed E-state index contributed by atoms with van der Waals surface area (Å²) in [6.07, 6.45) is 23.9. The van der Waals surface area contributed by atoms with Gasteiger partial charge in [0.2, 0.25) is 0 Å². The largest absolute Gasteiger partial charge is 0.458 e. The monoisotopic (exact) mass is 943 g/mol. The highest BCUT2D eigenvalue weighted by Crippen LogP contribution is 2.26. The molecule has 0 amide bonds. The predicted molar refractivity (Wildman–Crippen MR) is 252 cm³/mol. The Morgan fingerprint density at radius 1 is 0.515 bits per heavy atom. The van der Waals surface area contributed by atoms with Gasteiger partial charge in [-0.2, -0.15) is 0 Å². The Kier molecular flexibility index (Phi) is 35.0. The van der Waals surface area contributed by atoms with Gasteiger partial charge in [-0.15, -0.1) is 0 Å². The van der Waals surface area contributed by atoms with Crippen molar-refractivity contribution in [2.45, 2.75) is 248 Å². The number of ether oxygens (including phenoxy) is 6. The molecule has 7 N–H and O–H groups in total. The van der Waals surface area contributed by atoms with Crippen LogP contribution >= 0.6 is 0 Å². The van der Waals surface area contributed by atoms with Gasteiger partial charge in [-0.3, -0.25) is 4.79 Å². The lowest BCUT2D eigenvalue weighted by atomic mass is 9.98. The zero-order valence-corrected chi connectivity index (χ0v) is 40.4. The van der Waals surface area contributed by atoms with E-state index in [1.165, 1.54) is 134 Å². The number of carbonyl (C=O) groups excluding carboxylic acids is 2. The van der Waals surface area contributed by atoms with Crippen molar-refractivity contribution in [2.24, 2.45) is 0 Å². The molecule has 2 saturated heterocycles. The molecule has 2 aliphatic rings. The smallest absolute Gasteiger partial charge is 0.330 e. The molecule has 0 saturated carbocycles. The van der Waals surface area contributed by atoms with E-state index in [-0.39, 0.29) is 13.0 Å². The van der Waals surface area contributed by atoms with E-state index >= 15 is 0 Å². The van der Waals surface area contributed by atoms with Gasteiger partial charge in [0.1, 0.15) is 55.4 Å². The fourth-order valence-corrected chi connectivity index (χ4v) is 7.97. The summed E-state index contributed by atoms with van der Waals surface area (Å²) in [5.41, 5.74) is 0. The molecule has 2 fully saturated rings. The maximum absolute atomic E-state index is 12.9. The first kappa shape index (κ1) is 59.8. The Hall–Kier alpha value is -2.28. The lowest BCUT2D eigenvalue weighted by Crippen LogP contribution is -2.61. The van der Waals surface area contributed by atoms with Crippen molar-refractivity contribution >= 4 is 11.9 Å². The Morgan fingerprint density at radius 3 is 1.50 bits per heavy atom. The Labute approximate surface area is 395 Å². The maximum Gasteiger partial charge on any atom is 0.330 e. The van der Waals surface area contributed by atoms with Gasteiger partial charge in [-0.1, -0.05) is 173 Å². The van der Waals surface area contributed by atoms with Gasteiger partial charge < -0.3 is 64.2 Å². The van der Waals surface area contributed by atoms with Crippen LogP contribution in [-0.4, -0.2) is 142 Å². The molecular weight excluding hydrogens is 853 g/mol. The van der Waals surface area contributed by atoms with Gasteiger partial charge >= 0.3 is 11.9 Å². The number of aliphatic hydroxyl groups is 7. The predicted octanol–water partition coefficient (Wildman–Crippen LogP) is 6.93. The first-order valence-electron chi connectivity index (χ1n) is 25.6. The second kappa shape index (κ2) is 38.6. The molecule has 11 atom stereocenters. The lowest BCUT2D eigenvalue weighted by molar-refractivity contribution is -0.332. The van der Waals surface area contributed by atoms with Crippen LogP contribution in [0.5, 0.6) is 0 Å². The van der Waals surface area contributed by atoms with Gasteiger partial charge in [0.05, 0.1) is 19.8 Å². The molecule has 0 spiro atoms. The number of esters is 2. The van der Waals surface area contributed by atoms with E-state index in [0.717, 1.165) is 25.7 Å². The average molecular weight is 943 g/mol. The molecule has 0 aliphatic carbocycles. The van der Waals surface area contributed by atoms with Gasteiger partial charge in [0.25, 0.3) is 0 Å². The number of allylic oxidation sites excluding steroid dienone is 5. The second-order valence-electron chi connectivity index (χ2n) is 18.1. The molecule has 0 aromatic rings. The quantitative estimate of drug-likeness (QED) is 0.0109. The van der Waals surface area contributed by atoms with Gasteiger partial charge in [0, 0.05) is 12.5 Å². The minimum Gasteiger partial charge on any atom is -0.458 e. The van der Waals surface area contributed by atoms with Crippen molar-refractivity contribution in [2.75, 3.05) is 26.4 Å². The first-order chi connectivity index (χ1) is 32.0. The molecule has 4 unspecified atom stereocenters. The highest BCUT2D eigenvalue weighted by atomic mass is 16.7. The summed E-state index contributed by atoms with van der Waals surface area (Å²) in [4.78, 5) is 25.6. The third kappa shape index (κ3) is 26.5. The van der Waals surface area contributed by atoms with Crippen LogP contribution in [0, 0.1) is 0 Å². The molecule has 384 valence electrons. The first-order valence-corrected chi connectivity index (χ1v) is 25.6. The van der Waals surface area contributed by atoms with E-state index in [2.05, 4.69) is 19.9 Å². The SMILES string of the molecule is CCCCCCCCCCCCC/C=C/C=C/C(=O)OC[C@H](CO[C@@H]1O[C@H](CO[C@@H]2O[C@H](CO)[C@H](O)C(O)C2O)[C@H](O)C(O)C1O)OC(=O)CC/C=C/CCCCCCCCCCCCC. The number of unbranched alkanes of at least 4 members (excludes halogenated alkanes) is 22. The number of hydrogen-bond acceptors (Lipinski definition) is 15. The van der Waals surface area contributed by atoms with Crippen molar-refractivity contribution in [1.82, 2.24) is 0 Å².